The highest BCUT2D eigenvalue weighted by Gasteiger charge is 2.52. The lowest BCUT2D eigenvalue weighted by Crippen LogP contribution is -2.53. The van der Waals surface area contributed by atoms with Gasteiger partial charge in [-0.15, -0.1) is 11.8 Å². The maximum Gasteiger partial charge on any atom is 0.322 e. The molecule has 120 valence electrons. The quantitative estimate of drug-likeness (QED) is 0.836. The summed E-state index contributed by atoms with van der Waals surface area (Å²) in [4.78, 5) is 11.4. The van der Waals surface area contributed by atoms with E-state index in [1.807, 2.05) is 0 Å². The minimum atomic E-state index is -3.67. The van der Waals surface area contributed by atoms with Crippen molar-refractivity contribution in [1.29, 1.82) is 0 Å². The normalized spacial score (nSPS) is 33.4. The van der Waals surface area contributed by atoms with Gasteiger partial charge in [0.2, 0.25) is 0 Å². The second-order valence-corrected chi connectivity index (χ2v) is 9.32. The van der Waals surface area contributed by atoms with E-state index in [0.29, 0.717) is 30.7 Å². The predicted molar refractivity (Wildman–Crippen MR) is 81.1 cm³/mol. The molecule has 8 heteroatoms. The second-order valence-electron chi connectivity index (χ2n) is 6.33. The van der Waals surface area contributed by atoms with Gasteiger partial charge in [0.25, 0.3) is 10.2 Å². The van der Waals surface area contributed by atoms with E-state index in [0.717, 1.165) is 25.7 Å². The van der Waals surface area contributed by atoms with Crippen LogP contribution in [-0.2, 0) is 15.0 Å². The molecule has 1 saturated carbocycles. The van der Waals surface area contributed by atoms with Crippen LogP contribution in [0, 0.1) is 11.8 Å². The number of piperidine rings is 1. The largest absolute Gasteiger partial charge is 0.480 e. The molecule has 1 N–H and O–H groups in total. The van der Waals surface area contributed by atoms with Crippen molar-refractivity contribution in [3.63, 3.8) is 0 Å². The zero-order valence-electron chi connectivity index (χ0n) is 12.1. The number of carbonyl (C=O) groups is 1. The number of nitrogens with zero attached hydrogens (tertiary/aromatic N) is 2. The Hall–Kier alpha value is -0.310. The molecular formula is C13H22N2O4S2. The fourth-order valence-corrected chi connectivity index (χ4v) is 7.04. The van der Waals surface area contributed by atoms with E-state index in [1.54, 1.807) is 0 Å². The van der Waals surface area contributed by atoms with Crippen molar-refractivity contribution in [1.82, 2.24) is 8.61 Å². The molecule has 3 fully saturated rings. The predicted octanol–water partition coefficient (Wildman–Crippen LogP) is 1.20. The molecule has 1 aliphatic carbocycles. The van der Waals surface area contributed by atoms with Crippen LogP contribution in [0.15, 0.2) is 0 Å². The molecule has 0 amide bonds. The second kappa shape index (κ2) is 5.72. The van der Waals surface area contributed by atoms with Gasteiger partial charge in [-0.05, 0) is 37.5 Å². The Balaban J connectivity index is 1.84. The van der Waals surface area contributed by atoms with Gasteiger partial charge in [0.15, 0.2) is 0 Å². The molecule has 0 radical (unpaired) electrons. The molecule has 6 nitrogen and oxygen atoms in total. The Labute approximate surface area is 130 Å². The Morgan fingerprint density at radius 2 is 1.81 bits per heavy atom. The van der Waals surface area contributed by atoms with Crippen LogP contribution >= 0.6 is 11.8 Å². The van der Waals surface area contributed by atoms with Gasteiger partial charge < -0.3 is 5.11 Å². The van der Waals surface area contributed by atoms with Crippen LogP contribution in [0.3, 0.4) is 0 Å². The summed E-state index contributed by atoms with van der Waals surface area (Å²) in [6.07, 6.45) is 3.72. The monoisotopic (exact) mass is 334 g/mol. The molecule has 0 aromatic carbocycles. The van der Waals surface area contributed by atoms with E-state index >= 15 is 0 Å². The SMILES string of the molecule is CC1CCN(S(=O)(=O)N2C(C(=O)O)CSC2C2CC2)CC1. The Bertz CT molecular complexity index is 512. The number of hydrogen-bond donors (Lipinski definition) is 1. The molecule has 2 atom stereocenters. The molecule has 0 aromatic rings. The van der Waals surface area contributed by atoms with Gasteiger partial charge >= 0.3 is 5.97 Å². The molecule has 3 rings (SSSR count). The lowest BCUT2D eigenvalue weighted by molar-refractivity contribution is -0.140. The molecule has 0 bridgehead atoms. The summed E-state index contributed by atoms with van der Waals surface area (Å²) in [7, 11) is -3.67. The lowest BCUT2D eigenvalue weighted by Gasteiger charge is -2.35. The smallest absolute Gasteiger partial charge is 0.322 e. The summed E-state index contributed by atoms with van der Waals surface area (Å²) in [5.74, 6) is 0.205. The van der Waals surface area contributed by atoms with Crippen molar-refractivity contribution in [3.8, 4) is 0 Å². The number of carboxylic acids is 1. The average molecular weight is 334 g/mol. The van der Waals surface area contributed by atoms with E-state index in [4.69, 9.17) is 0 Å². The lowest BCUT2D eigenvalue weighted by atomic mass is 10.0. The minimum Gasteiger partial charge on any atom is -0.480 e. The summed E-state index contributed by atoms with van der Waals surface area (Å²) in [5.41, 5.74) is 0. The van der Waals surface area contributed by atoms with E-state index < -0.39 is 22.2 Å². The van der Waals surface area contributed by atoms with Gasteiger partial charge in [0.05, 0.1) is 5.37 Å². The van der Waals surface area contributed by atoms with Crippen LogP contribution in [0.25, 0.3) is 0 Å². The van der Waals surface area contributed by atoms with Crippen LogP contribution < -0.4 is 0 Å². The van der Waals surface area contributed by atoms with E-state index in [9.17, 15) is 18.3 Å². The maximum atomic E-state index is 12.9. The molecule has 2 saturated heterocycles. The average Bonchev–Trinajstić information content (AvgIpc) is 3.17. The van der Waals surface area contributed by atoms with Crippen molar-refractivity contribution >= 4 is 27.9 Å². The van der Waals surface area contributed by atoms with Crippen molar-refractivity contribution in [2.75, 3.05) is 18.8 Å². The highest BCUT2D eigenvalue weighted by atomic mass is 32.2. The fraction of sp³-hybridized carbons (Fsp3) is 0.923. The maximum absolute atomic E-state index is 12.9. The van der Waals surface area contributed by atoms with Gasteiger partial charge in [-0.2, -0.15) is 17.0 Å². The molecule has 2 unspecified atom stereocenters. The van der Waals surface area contributed by atoms with Gasteiger partial charge in [0.1, 0.15) is 6.04 Å². The summed E-state index contributed by atoms with van der Waals surface area (Å²) < 4.78 is 28.6. The number of thioether (sulfide) groups is 1. The van der Waals surface area contributed by atoms with Gasteiger partial charge in [-0.25, -0.2) is 0 Å². The van der Waals surface area contributed by atoms with Gasteiger partial charge in [-0.1, -0.05) is 6.92 Å². The summed E-state index contributed by atoms with van der Waals surface area (Å²) in [6.45, 7) is 3.14. The van der Waals surface area contributed by atoms with Crippen molar-refractivity contribution < 1.29 is 18.3 Å². The van der Waals surface area contributed by atoms with E-state index in [1.165, 1.54) is 20.4 Å². The fourth-order valence-electron chi connectivity index (χ4n) is 3.06. The molecule has 2 heterocycles. The van der Waals surface area contributed by atoms with Crippen LogP contribution in [0.2, 0.25) is 0 Å². The molecule has 21 heavy (non-hydrogen) atoms. The third-order valence-corrected chi connectivity index (χ3v) is 8.26. The first kappa shape index (κ1) is 15.6. The highest BCUT2D eigenvalue weighted by molar-refractivity contribution is 8.01. The minimum absolute atomic E-state index is 0.185. The Kier molecular flexibility index (Phi) is 4.24. The molecule has 0 aromatic heterocycles. The topological polar surface area (TPSA) is 77.9 Å². The van der Waals surface area contributed by atoms with E-state index in [2.05, 4.69) is 6.92 Å². The number of rotatable bonds is 4. The van der Waals surface area contributed by atoms with E-state index in [-0.39, 0.29) is 5.37 Å². The van der Waals surface area contributed by atoms with Gasteiger partial charge in [0, 0.05) is 18.8 Å². The first-order valence-electron chi connectivity index (χ1n) is 7.54. The molecule has 3 aliphatic rings. The Morgan fingerprint density at radius 3 is 2.33 bits per heavy atom. The first-order valence-corrected chi connectivity index (χ1v) is 9.99. The molecule has 0 spiro atoms. The number of carboxylic acid groups (broad SMARTS) is 1. The number of hydrogen-bond acceptors (Lipinski definition) is 4. The van der Waals surface area contributed by atoms with Crippen molar-refractivity contribution in [3.05, 3.63) is 0 Å². The standard InChI is InChI=1S/C13H22N2O4S2/c1-9-4-6-14(7-5-9)21(18,19)15-11(13(16)17)8-20-12(15)10-2-3-10/h9-12H,2-8H2,1H3,(H,16,17). The van der Waals surface area contributed by atoms with Crippen molar-refractivity contribution in [2.45, 2.75) is 44.0 Å². The van der Waals surface area contributed by atoms with Crippen LogP contribution in [0.1, 0.15) is 32.6 Å². The third kappa shape index (κ3) is 2.95. The van der Waals surface area contributed by atoms with Crippen LogP contribution in [-0.4, -0.2) is 58.4 Å². The highest BCUT2D eigenvalue weighted by Crippen LogP contribution is 2.47. The van der Waals surface area contributed by atoms with Gasteiger partial charge in [-0.3, -0.25) is 4.79 Å². The summed E-state index contributed by atoms with van der Waals surface area (Å²) in [6, 6.07) is -0.912. The molecule has 2 aliphatic heterocycles. The summed E-state index contributed by atoms with van der Waals surface area (Å²) >= 11 is 1.49. The summed E-state index contributed by atoms with van der Waals surface area (Å²) in [5, 5.41) is 9.18. The number of aliphatic carboxylic acids is 1. The third-order valence-electron chi connectivity index (χ3n) is 4.63. The zero-order chi connectivity index (χ0) is 15.2. The Morgan fingerprint density at radius 1 is 1.19 bits per heavy atom. The van der Waals surface area contributed by atoms with Crippen LogP contribution in [0.4, 0.5) is 0 Å². The molecular weight excluding hydrogens is 312 g/mol. The van der Waals surface area contributed by atoms with Crippen molar-refractivity contribution in [2.24, 2.45) is 11.8 Å². The van der Waals surface area contributed by atoms with Crippen LogP contribution in [0.5, 0.6) is 0 Å². The first-order chi connectivity index (χ1) is 9.91. The zero-order valence-corrected chi connectivity index (χ0v) is 13.8.